The number of hydrogen-bond acceptors (Lipinski definition) is 2. The zero-order valence-corrected chi connectivity index (χ0v) is 13.3. The molecule has 0 aliphatic heterocycles. The molecule has 0 radical (unpaired) electrons. The molecule has 4 heteroatoms. The van der Waals surface area contributed by atoms with Gasteiger partial charge >= 0.3 is 0 Å². The van der Waals surface area contributed by atoms with Crippen molar-refractivity contribution in [3.05, 3.63) is 59.1 Å². The number of carbonyl (C=O) groups excluding carboxylic acids is 1. The van der Waals surface area contributed by atoms with Crippen molar-refractivity contribution in [1.82, 2.24) is 0 Å². The van der Waals surface area contributed by atoms with E-state index in [1.54, 1.807) is 11.8 Å². The Morgan fingerprint density at radius 2 is 1.95 bits per heavy atom. The van der Waals surface area contributed by atoms with E-state index in [0.29, 0.717) is 5.02 Å². The van der Waals surface area contributed by atoms with Gasteiger partial charge in [0.2, 0.25) is 5.91 Å². The van der Waals surface area contributed by atoms with Crippen LogP contribution in [0.5, 0.6) is 0 Å². The highest BCUT2D eigenvalue weighted by Crippen LogP contribution is 2.49. The van der Waals surface area contributed by atoms with Crippen LogP contribution in [-0.4, -0.2) is 12.2 Å². The monoisotopic (exact) mass is 317 g/mol. The lowest BCUT2D eigenvalue weighted by Crippen LogP contribution is -2.27. The summed E-state index contributed by atoms with van der Waals surface area (Å²) >= 11 is 7.71. The molecule has 2 aromatic rings. The van der Waals surface area contributed by atoms with Crippen LogP contribution in [0.2, 0.25) is 5.02 Å². The molecule has 1 amide bonds. The van der Waals surface area contributed by atoms with E-state index in [2.05, 4.69) is 5.32 Å². The number of thioether (sulfide) groups is 1. The van der Waals surface area contributed by atoms with Crippen LogP contribution in [0.3, 0.4) is 0 Å². The van der Waals surface area contributed by atoms with Gasteiger partial charge in [0.1, 0.15) is 0 Å². The quantitative estimate of drug-likeness (QED) is 0.826. The zero-order valence-electron chi connectivity index (χ0n) is 11.7. The third-order valence-corrected chi connectivity index (χ3v) is 4.85. The first-order valence-electron chi connectivity index (χ1n) is 6.86. The Kier molecular flexibility index (Phi) is 3.96. The van der Waals surface area contributed by atoms with Crippen molar-refractivity contribution in [1.29, 1.82) is 0 Å². The van der Waals surface area contributed by atoms with Gasteiger partial charge in [-0.15, -0.1) is 11.8 Å². The van der Waals surface area contributed by atoms with Crippen LogP contribution in [-0.2, 0) is 10.2 Å². The highest BCUT2D eigenvalue weighted by molar-refractivity contribution is 7.98. The third-order valence-electron chi connectivity index (χ3n) is 3.89. The molecule has 21 heavy (non-hydrogen) atoms. The van der Waals surface area contributed by atoms with Gasteiger partial charge in [0.25, 0.3) is 0 Å². The van der Waals surface area contributed by atoms with E-state index in [1.165, 1.54) is 0 Å². The first kappa shape index (κ1) is 14.5. The smallest absolute Gasteiger partial charge is 0.235 e. The molecule has 1 saturated carbocycles. The fraction of sp³-hybridized carbons (Fsp3) is 0.235. The summed E-state index contributed by atoms with van der Waals surface area (Å²) < 4.78 is 0. The van der Waals surface area contributed by atoms with Gasteiger partial charge in [0.15, 0.2) is 0 Å². The van der Waals surface area contributed by atoms with Crippen molar-refractivity contribution in [2.75, 3.05) is 11.6 Å². The topological polar surface area (TPSA) is 29.1 Å². The van der Waals surface area contributed by atoms with Crippen molar-refractivity contribution >= 4 is 35.0 Å². The molecule has 0 heterocycles. The molecule has 1 fully saturated rings. The molecular weight excluding hydrogens is 302 g/mol. The predicted molar refractivity (Wildman–Crippen MR) is 89.2 cm³/mol. The van der Waals surface area contributed by atoms with Crippen molar-refractivity contribution in [3.63, 3.8) is 0 Å². The normalized spacial score (nSPS) is 15.5. The van der Waals surface area contributed by atoms with Gasteiger partial charge < -0.3 is 5.32 Å². The van der Waals surface area contributed by atoms with Crippen LogP contribution in [0, 0.1) is 0 Å². The van der Waals surface area contributed by atoms with E-state index in [4.69, 9.17) is 11.6 Å². The van der Waals surface area contributed by atoms with Gasteiger partial charge in [-0.1, -0.05) is 29.8 Å². The minimum absolute atomic E-state index is 0.0584. The zero-order chi connectivity index (χ0) is 14.9. The lowest BCUT2D eigenvalue weighted by atomic mass is 9.95. The number of halogens is 1. The van der Waals surface area contributed by atoms with Gasteiger partial charge in [-0.2, -0.15) is 0 Å². The van der Waals surface area contributed by atoms with Crippen molar-refractivity contribution in [3.8, 4) is 0 Å². The van der Waals surface area contributed by atoms with Crippen LogP contribution in [0.4, 0.5) is 5.69 Å². The third kappa shape index (κ3) is 2.94. The van der Waals surface area contributed by atoms with E-state index in [9.17, 15) is 4.79 Å². The van der Waals surface area contributed by atoms with Gasteiger partial charge in [0.05, 0.1) is 5.41 Å². The van der Waals surface area contributed by atoms with Gasteiger partial charge in [0, 0.05) is 15.6 Å². The van der Waals surface area contributed by atoms with E-state index >= 15 is 0 Å². The van der Waals surface area contributed by atoms with Crippen LogP contribution in [0.1, 0.15) is 18.4 Å². The van der Waals surface area contributed by atoms with Crippen LogP contribution in [0.15, 0.2) is 53.4 Å². The first-order valence-corrected chi connectivity index (χ1v) is 8.46. The van der Waals surface area contributed by atoms with Gasteiger partial charge in [-0.05, 0) is 55.0 Å². The van der Waals surface area contributed by atoms with Crippen molar-refractivity contribution < 1.29 is 4.79 Å². The fourth-order valence-corrected chi connectivity index (χ4v) is 3.16. The lowest BCUT2D eigenvalue weighted by molar-refractivity contribution is -0.118. The highest BCUT2D eigenvalue weighted by Gasteiger charge is 2.51. The largest absolute Gasteiger partial charge is 0.325 e. The Balaban J connectivity index is 1.82. The average molecular weight is 318 g/mol. The molecule has 0 atom stereocenters. The van der Waals surface area contributed by atoms with Crippen LogP contribution < -0.4 is 5.32 Å². The van der Waals surface area contributed by atoms with E-state index < -0.39 is 5.41 Å². The molecular formula is C17H16ClNOS. The second-order valence-electron chi connectivity index (χ2n) is 5.28. The first-order chi connectivity index (χ1) is 10.1. The summed E-state index contributed by atoms with van der Waals surface area (Å²) in [5.74, 6) is 0.0584. The number of benzene rings is 2. The summed E-state index contributed by atoms with van der Waals surface area (Å²) in [7, 11) is 0. The number of anilines is 1. The summed E-state index contributed by atoms with van der Waals surface area (Å²) in [5.41, 5.74) is 1.45. The van der Waals surface area contributed by atoms with Crippen LogP contribution >= 0.6 is 23.4 Å². The number of hydrogen-bond donors (Lipinski definition) is 1. The van der Waals surface area contributed by atoms with E-state index in [1.807, 2.05) is 54.8 Å². The molecule has 1 N–H and O–H groups in total. The van der Waals surface area contributed by atoms with E-state index in [-0.39, 0.29) is 5.91 Å². The number of carbonyl (C=O) groups is 1. The Morgan fingerprint density at radius 3 is 2.62 bits per heavy atom. The standard InChI is InChI=1S/C17H16ClNOS/c1-21-15-7-3-6-14(11-15)19-16(20)17(8-9-17)12-4-2-5-13(18)10-12/h2-7,10-11H,8-9H2,1H3,(H,19,20). The molecule has 0 saturated heterocycles. The maximum absolute atomic E-state index is 12.6. The Morgan fingerprint density at radius 1 is 1.19 bits per heavy atom. The summed E-state index contributed by atoms with van der Waals surface area (Å²) in [6.45, 7) is 0. The minimum Gasteiger partial charge on any atom is -0.325 e. The second kappa shape index (κ2) is 5.74. The SMILES string of the molecule is CSc1cccc(NC(=O)C2(c3cccc(Cl)c3)CC2)c1. The number of nitrogens with one attached hydrogen (secondary N) is 1. The van der Waals surface area contributed by atoms with Crippen molar-refractivity contribution in [2.45, 2.75) is 23.2 Å². The number of rotatable bonds is 4. The molecule has 108 valence electrons. The molecule has 1 aliphatic carbocycles. The molecule has 3 rings (SSSR count). The molecule has 0 bridgehead atoms. The highest BCUT2D eigenvalue weighted by atomic mass is 35.5. The fourth-order valence-electron chi connectivity index (χ4n) is 2.51. The Labute approximate surface area is 133 Å². The predicted octanol–water partition coefficient (Wildman–Crippen LogP) is 4.73. The van der Waals surface area contributed by atoms with Crippen LogP contribution in [0.25, 0.3) is 0 Å². The molecule has 0 unspecified atom stereocenters. The summed E-state index contributed by atoms with van der Waals surface area (Å²) in [6.07, 6.45) is 3.78. The maximum atomic E-state index is 12.6. The maximum Gasteiger partial charge on any atom is 0.235 e. The molecule has 2 nitrogen and oxygen atoms in total. The number of amides is 1. The Bertz CT molecular complexity index is 682. The minimum atomic E-state index is -0.403. The summed E-state index contributed by atoms with van der Waals surface area (Å²) in [4.78, 5) is 13.8. The lowest BCUT2D eigenvalue weighted by Gasteiger charge is -2.16. The van der Waals surface area contributed by atoms with Crippen molar-refractivity contribution in [2.24, 2.45) is 0 Å². The summed E-state index contributed by atoms with van der Waals surface area (Å²) in [6, 6.07) is 15.5. The molecule has 1 aliphatic rings. The second-order valence-corrected chi connectivity index (χ2v) is 6.59. The van der Waals surface area contributed by atoms with E-state index in [0.717, 1.165) is 29.0 Å². The van der Waals surface area contributed by atoms with Gasteiger partial charge in [-0.25, -0.2) is 0 Å². The van der Waals surface area contributed by atoms with Gasteiger partial charge in [-0.3, -0.25) is 4.79 Å². The molecule has 2 aromatic carbocycles. The molecule has 0 spiro atoms. The summed E-state index contributed by atoms with van der Waals surface area (Å²) in [5, 5.41) is 3.72. The Hall–Kier alpha value is -1.45. The average Bonchev–Trinajstić information content (AvgIpc) is 3.29. The molecule has 0 aromatic heterocycles.